The molecule has 1 aromatic heterocycles. The third-order valence-electron chi connectivity index (χ3n) is 3.29. The van der Waals surface area contributed by atoms with Crippen LogP contribution in [0.1, 0.15) is 24.5 Å². The summed E-state index contributed by atoms with van der Waals surface area (Å²) in [4.78, 5) is 10.9. The predicted molar refractivity (Wildman–Crippen MR) is 91.8 cm³/mol. The van der Waals surface area contributed by atoms with Crippen molar-refractivity contribution in [1.82, 2.24) is 9.97 Å². The van der Waals surface area contributed by atoms with Gasteiger partial charge in [-0.25, -0.2) is 9.97 Å². The Labute approximate surface area is 134 Å². The highest BCUT2D eigenvalue weighted by atomic mass is 79.9. The van der Waals surface area contributed by atoms with Gasteiger partial charge in [0.25, 0.3) is 0 Å². The molecule has 0 bridgehead atoms. The Morgan fingerprint density at radius 3 is 2.57 bits per heavy atom. The van der Waals surface area contributed by atoms with E-state index in [-0.39, 0.29) is 0 Å². The molecule has 0 aliphatic carbocycles. The van der Waals surface area contributed by atoms with Crippen molar-refractivity contribution >= 4 is 27.6 Å². The molecule has 0 amide bonds. The average molecular weight is 349 g/mol. The van der Waals surface area contributed by atoms with Crippen LogP contribution in [0.3, 0.4) is 0 Å². The number of hydrogen-bond acceptors (Lipinski definition) is 4. The lowest BCUT2D eigenvalue weighted by Crippen LogP contribution is -2.20. The van der Waals surface area contributed by atoms with E-state index in [1.54, 1.807) is 6.33 Å². The van der Waals surface area contributed by atoms with Crippen molar-refractivity contribution in [2.75, 3.05) is 23.8 Å². The maximum absolute atomic E-state index is 4.43. The van der Waals surface area contributed by atoms with E-state index < -0.39 is 0 Å². The third-order valence-corrected chi connectivity index (χ3v) is 3.82. The monoisotopic (exact) mass is 348 g/mol. The second-order valence-corrected chi connectivity index (χ2v) is 6.00. The fraction of sp³-hybridized carbons (Fsp3) is 0.375. The Bertz CT molecular complexity index is 583. The Hall–Kier alpha value is -1.62. The summed E-state index contributed by atoms with van der Waals surface area (Å²) in [6, 6.07) is 8.36. The summed E-state index contributed by atoms with van der Waals surface area (Å²) in [6.45, 7) is 5.95. The normalized spacial score (nSPS) is 10.5. The van der Waals surface area contributed by atoms with Gasteiger partial charge in [-0.3, -0.25) is 0 Å². The van der Waals surface area contributed by atoms with E-state index in [1.165, 1.54) is 5.56 Å². The molecule has 0 saturated carbocycles. The fourth-order valence-electron chi connectivity index (χ4n) is 2.19. The lowest BCUT2D eigenvalue weighted by Gasteiger charge is -2.21. The van der Waals surface area contributed by atoms with Gasteiger partial charge in [0.2, 0.25) is 0 Å². The van der Waals surface area contributed by atoms with Gasteiger partial charge in [0, 0.05) is 30.2 Å². The summed E-state index contributed by atoms with van der Waals surface area (Å²) in [7, 11) is 2.06. The van der Waals surface area contributed by atoms with Crippen LogP contribution in [-0.2, 0) is 6.54 Å². The summed E-state index contributed by atoms with van der Waals surface area (Å²) >= 11 is 3.46. The molecule has 0 atom stereocenters. The highest BCUT2D eigenvalue weighted by molar-refractivity contribution is 9.10. The highest BCUT2D eigenvalue weighted by Crippen LogP contribution is 2.23. The molecule has 5 heteroatoms. The summed E-state index contributed by atoms with van der Waals surface area (Å²) in [5, 5.41) is 3.35. The van der Waals surface area contributed by atoms with Crippen LogP contribution in [0.25, 0.3) is 0 Å². The van der Waals surface area contributed by atoms with Gasteiger partial charge in [-0.15, -0.1) is 0 Å². The van der Waals surface area contributed by atoms with Gasteiger partial charge in [0.1, 0.15) is 18.0 Å². The molecule has 0 saturated heterocycles. The van der Waals surface area contributed by atoms with E-state index in [0.717, 1.165) is 41.2 Å². The van der Waals surface area contributed by atoms with E-state index in [4.69, 9.17) is 0 Å². The Morgan fingerprint density at radius 1 is 1.19 bits per heavy atom. The molecule has 2 aromatic rings. The van der Waals surface area contributed by atoms with Crippen molar-refractivity contribution in [3.63, 3.8) is 0 Å². The molecule has 1 N–H and O–H groups in total. The molecule has 0 unspecified atom stereocenters. The first-order chi connectivity index (χ1) is 10.1. The first kappa shape index (κ1) is 15.8. The van der Waals surface area contributed by atoms with Crippen LogP contribution in [0.5, 0.6) is 0 Å². The summed E-state index contributed by atoms with van der Waals surface area (Å²) in [5.74, 6) is 1.89. The maximum Gasteiger partial charge on any atom is 0.137 e. The molecule has 0 spiro atoms. The second-order valence-electron chi connectivity index (χ2n) is 5.08. The molecule has 0 aliphatic heterocycles. The molecule has 112 valence electrons. The van der Waals surface area contributed by atoms with Gasteiger partial charge in [-0.2, -0.15) is 0 Å². The Balaban J connectivity index is 2.14. The number of aromatic nitrogens is 2. The fourth-order valence-corrected chi connectivity index (χ4v) is 2.45. The molecule has 0 fully saturated rings. The molecular weight excluding hydrogens is 328 g/mol. The molecule has 0 radical (unpaired) electrons. The summed E-state index contributed by atoms with van der Waals surface area (Å²) in [5.41, 5.74) is 2.34. The molecule has 1 heterocycles. The molecular formula is C16H21BrN4. The summed E-state index contributed by atoms with van der Waals surface area (Å²) in [6.07, 6.45) is 2.70. The van der Waals surface area contributed by atoms with E-state index >= 15 is 0 Å². The van der Waals surface area contributed by atoms with Gasteiger partial charge in [-0.1, -0.05) is 35.0 Å². The van der Waals surface area contributed by atoms with E-state index in [9.17, 15) is 0 Å². The zero-order valence-corrected chi connectivity index (χ0v) is 14.3. The van der Waals surface area contributed by atoms with Gasteiger partial charge in [-0.05, 0) is 31.0 Å². The van der Waals surface area contributed by atoms with Crippen LogP contribution < -0.4 is 10.2 Å². The predicted octanol–water partition coefficient (Wildman–Crippen LogP) is 4.01. The number of hydrogen-bond donors (Lipinski definition) is 1. The van der Waals surface area contributed by atoms with Crippen molar-refractivity contribution < 1.29 is 0 Å². The lowest BCUT2D eigenvalue weighted by molar-refractivity contribution is 0.878. The van der Waals surface area contributed by atoms with E-state index in [2.05, 4.69) is 81.3 Å². The number of rotatable bonds is 6. The first-order valence-electron chi connectivity index (χ1n) is 7.13. The summed E-state index contributed by atoms with van der Waals surface area (Å²) < 4.78 is 1.10. The number of nitrogens with zero attached hydrogens (tertiary/aromatic N) is 3. The van der Waals surface area contributed by atoms with E-state index in [1.807, 2.05) is 0 Å². The van der Waals surface area contributed by atoms with Gasteiger partial charge >= 0.3 is 0 Å². The van der Waals surface area contributed by atoms with Gasteiger partial charge in [0.05, 0.1) is 0 Å². The first-order valence-corrected chi connectivity index (χ1v) is 7.92. The van der Waals surface area contributed by atoms with E-state index in [0.29, 0.717) is 0 Å². The van der Waals surface area contributed by atoms with Crippen LogP contribution in [0.15, 0.2) is 35.1 Å². The standard InChI is InChI=1S/C16H21BrN4/c1-4-9-18-15-12(2)16(20-11-19-15)21(3)10-13-5-7-14(17)8-6-13/h5-8,11H,4,9-10H2,1-3H3,(H,18,19,20). The molecule has 4 nitrogen and oxygen atoms in total. The van der Waals surface area contributed by atoms with Gasteiger partial charge < -0.3 is 10.2 Å². The Kier molecular flexibility index (Phi) is 5.56. The number of nitrogens with one attached hydrogen (secondary N) is 1. The number of halogens is 1. The van der Waals surface area contributed by atoms with Crippen molar-refractivity contribution in [3.05, 3.63) is 46.2 Å². The minimum Gasteiger partial charge on any atom is -0.370 e. The minimum atomic E-state index is 0.818. The molecule has 21 heavy (non-hydrogen) atoms. The largest absolute Gasteiger partial charge is 0.370 e. The van der Waals surface area contributed by atoms with Crippen molar-refractivity contribution in [1.29, 1.82) is 0 Å². The Morgan fingerprint density at radius 2 is 1.90 bits per heavy atom. The topological polar surface area (TPSA) is 41.1 Å². The van der Waals surface area contributed by atoms with Crippen LogP contribution in [-0.4, -0.2) is 23.6 Å². The third kappa shape index (κ3) is 4.17. The second kappa shape index (κ2) is 7.41. The van der Waals surface area contributed by atoms with Crippen molar-refractivity contribution in [2.24, 2.45) is 0 Å². The smallest absolute Gasteiger partial charge is 0.137 e. The van der Waals surface area contributed by atoms with Crippen LogP contribution in [0, 0.1) is 6.92 Å². The molecule has 1 aromatic carbocycles. The lowest BCUT2D eigenvalue weighted by atomic mass is 10.2. The number of anilines is 2. The zero-order chi connectivity index (χ0) is 15.2. The molecule has 2 rings (SSSR count). The van der Waals surface area contributed by atoms with Crippen LogP contribution >= 0.6 is 15.9 Å². The number of benzene rings is 1. The average Bonchev–Trinajstić information content (AvgIpc) is 2.48. The zero-order valence-electron chi connectivity index (χ0n) is 12.7. The van der Waals surface area contributed by atoms with Crippen LogP contribution in [0.2, 0.25) is 0 Å². The highest BCUT2D eigenvalue weighted by Gasteiger charge is 2.11. The minimum absolute atomic E-state index is 0.818. The van der Waals surface area contributed by atoms with Crippen molar-refractivity contribution in [3.8, 4) is 0 Å². The maximum atomic E-state index is 4.43. The quantitative estimate of drug-likeness (QED) is 0.856. The molecule has 0 aliphatic rings. The SMILES string of the molecule is CCCNc1ncnc(N(C)Cc2ccc(Br)cc2)c1C. The van der Waals surface area contributed by atoms with Gasteiger partial charge in [0.15, 0.2) is 0 Å². The van der Waals surface area contributed by atoms with Crippen molar-refractivity contribution in [2.45, 2.75) is 26.8 Å². The van der Waals surface area contributed by atoms with Crippen LogP contribution in [0.4, 0.5) is 11.6 Å².